The van der Waals surface area contributed by atoms with Crippen molar-refractivity contribution in [3.63, 3.8) is 0 Å². The predicted molar refractivity (Wildman–Crippen MR) is 167 cm³/mol. The third kappa shape index (κ3) is 5.93. The van der Waals surface area contributed by atoms with Gasteiger partial charge in [-0.3, -0.25) is 4.79 Å². The fourth-order valence-corrected chi connectivity index (χ4v) is 9.86. The molecule has 0 radical (unpaired) electrons. The average Bonchev–Trinajstić information content (AvgIpc) is 3.06. The average molecular weight is 616 g/mol. The largest absolute Gasteiger partial charge is 0.490 e. The monoisotopic (exact) mass is 615 g/mol. The molecule has 0 aromatic heterocycles. The van der Waals surface area contributed by atoms with E-state index in [1.54, 1.807) is 13.2 Å². The van der Waals surface area contributed by atoms with Crippen molar-refractivity contribution in [1.29, 1.82) is 0 Å². The summed E-state index contributed by atoms with van der Waals surface area (Å²) in [6.07, 6.45) is 8.16. The first-order valence-electron chi connectivity index (χ1n) is 14.4. The molecule has 1 aliphatic carbocycles. The zero-order valence-electron chi connectivity index (χ0n) is 23.6. The fraction of sp³-hybridized carbons (Fsp3) is 0.516. The minimum atomic E-state index is -3.18. The maximum Gasteiger partial charge on any atom is 0.286 e. The number of carbonyl (C=O) groups is 1. The summed E-state index contributed by atoms with van der Waals surface area (Å²) in [5, 5.41) is 6.84. The number of amides is 1. The van der Waals surface area contributed by atoms with E-state index in [1.165, 1.54) is 11.1 Å². The second kappa shape index (κ2) is 11.6. The highest BCUT2D eigenvalue weighted by molar-refractivity contribution is 8.00. The van der Waals surface area contributed by atoms with Gasteiger partial charge >= 0.3 is 0 Å². The van der Waals surface area contributed by atoms with Gasteiger partial charge in [0.2, 0.25) is 0 Å². The van der Waals surface area contributed by atoms with Crippen LogP contribution in [0.1, 0.15) is 47.7 Å². The van der Waals surface area contributed by atoms with Gasteiger partial charge in [0.1, 0.15) is 22.3 Å². The number of anilines is 1. The molecule has 2 N–H and O–H groups in total. The first-order valence-corrected chi connectivity index (χ1v) is 17.5. The number of rotatable bonds is 1. The number of hydrogen-bond donors (Lipinski definition) is 1. The van der Waals surface area contributed by atoms with Crippen LogP contribution >= 0.6 is 23.4 Å². The zero-order valence-corrected chi connectivity index (χ0v) is 26.0. The number of hydrogen-bond acceptors (Lipinski definition) is 6. The van der Waals surface area contributed by atoms with Gasteiger partial charge in [0, 0.05) is 36.5 Å². The Bertz CT molecular complexity index is 1490. The second-order valence-corrected chi connectivity index (χ2v) is 15.8. The van der Waals surface area contributed by atoms with Gasteiger partial charge in [-0.15, -0.1) is 16.1 Å². The van der Waals surface area contributed by atoms with E-state index in [4.69, 9.17) is 26.2 Å². The summed E-state index contributed by atoms with van der Waals surface area (Å²) < 4.78 is 29.4. The number of aryl methyl sites for hydroxylation is 1. The SMILES string of the molecule is CO[C@H]1/C=C/C[C@H](C)C[S@](N)(=O)=NC(=O)c2ccc3c(c2)N(C[C@@H]2CC[C@H]21)C[C@]1(CO3)SCCc2cc(Cl)ccc21. The molecule has 1 fully saturated rings. The van der Waals surface area contributed by atoms with E-state index in [9.17, 15) is 9.00 Å². The zero-order chi connectivity index (χ0) is 28.8. The molecule has 3 aliphatic heterocycles. The van der Waals surface area contributed by atoms with Crippen molar-refractivity contribution < 1.29 is 18.5 Å². The van der Waals surface area contributed by atoms with Crippen molar-refractivity contribution in [2.45, 2.75) is 43.5 Å². The molecule has 0 saturated heterocycles. The van der Waals surface area contributed by atoms with Crippen molar-refractivity contribution >= 4 is 44.9 Å². The van der Waals surface area contributed by atoms with Crippen molar-refractivity contribution in [1.82, 2.24) is 0 Å². The van der Waals surface area contributed by atoms with Crippen LogP contribution in [0.25, 0.3) is 0 Å². The van der Waals surface area contributed by atoms with Crippen LogP contribution in [0.3, 0.4) is 0 Å². The summed E-state index contributed by atoms with van der Waals surface area (Å²) in [6.45, 7) is 4.05. The van der Waals surface area contributed by atoms with Crippen molar-refractivity contribution in [3.05, 3.63) is 70.3 Å². The van der Waals surface area contributed by atoms with Gasteiger partial charge in [-0.2, -0.15) is 0 Å². The Balaban J connectivity index is 1.44. The molecule has 6 rings (SSSR count). The first kappa shape index (κ1) is 29.1. The molecule has 2 bridgehead atoms. The Labute approximate surface area is 252 Å². The molecule has 6 atom stereocenters. The summed E-state index contributed by atoms with van der Waals surface area (Å²) in [7, 11) is -1.41. The van der Waals surface area contributed by atoms with Gasteiger partial charge in [0.15, 0.2) is 0 Å². The van der Waals surface area contributed by atoms with Crippen LogP contribution in [-0.2, 0) is 25.8 Å². The minimum absolute atomic E-state index is 0.0114. The highest BCUT2D eigenvalue weighted by Gasteiger charge is 2.45. The lowest BCUT2D eigenvalue weighted by Crippen LogP contribution is -2.48. The van der Waals surface area contributed by atoms with Gasteiger partial charge in [-0.05, 0) is 90.6 Å². The summed E-state index contributed by atoms with van der Waals surface area (Å²) >= 11 is 8.34. The molecule has 7 nitrogen and oxygen atoms in total. The molecule has 1 saturated carbocycles. The number of ether oxygens (including phenoxy) is 2. The maximum absolute atomic E-state index is 13.3. The number of benzene rings is 2. The standard InChI is InChI=1S/C31H38ClN3O4S2/c1-20-4-3-5-28(38-2)25-9-6-23(25)16-35-18-31(26-10-8-24(32)14-21(26)12-13-40-31)19-39-29-11-7-22(15-27(29)35)30(36)34-41(33,37)17-20/h3,5,7-8,10-11,14-15,20,23,25,28H,4,6,9,12-13,16-19H2,1-2H3,(H2,33,34,36,37)/b5-3+/t20-,23-,25+,28-,31+,41+/m0/s1. The maximum atomic E-state index is 13.3. The summed E-state index contributed by atoms with van der Waals surface area (Å²) in [5.41, 5.74) is 3.77. The van der Waals surface area contributed by atoms with Gasteiger partial charge in [-0.1, -0.05) is 36.7 Å². The van der Waals surface area contributed by atoms with Crippen LogP contribution < -0.4 is 14.8 Å². The summed E-state index contributed by atoms with van der Waals surface area (Å²) in [6, 6.07) is 11.6. The number of nitrogens with two attached hydrogens (primary N) is 1. The van der Waals surface area contributed by atoms with Crippen molar-refractivity contribution in [2.75, 3.05) is 43.2 Å². The molecule has 2 aromatic carbocycles. The lowest BCUT2D eigenvalue weighted by molar-refractivity contribution is 0.0134. The van der Waals surface area contributed by atoms with E-state index in [-0.39, 0.29) is 22.5 Å². The van der Waals surface area contributed by atoms with E-state index in [1.807, 2.05) is 36.9 Å². The lowest BCUT2D eigenvalue weighted by atomic mass is 9.70. The predicted octanol–water partition coefficient (Wildman–Crippen LogP) is 5.84. The molecule has 1 spiro atoms. The highest BCUT2D eigenvalue weighted by atomic mass is 35.5. The highest BCUT2D eigenvalue weighted by Crippen LogP contribution is 2.49. The van der Waals surface area contributed by atoms with Gasteiger partial charge in [0.25, 0.3) is 5.91 Å². The smallest absolute Gasteiger partial charge is 0.286 e. The number of carbonyl (C=O) groups excluding carboxylic acids is 1. The topological polar surface area (TPSA) is 94.2 Å². The number of nitrogens with zero attached hydrogens (tertiary/aromatic N) is 2. The third-order valence-corrected chi connectivity index (χ3v) is 12.2. The number of halogens is 1. The quantitative estimate of drug-likeness (QED) is 0.405. The minimum Gasteiger partial charge on any atom is -0.490 e. The van der Waals surface area contributed by atoms with E-state index < -0.39 is 15.8 Å². The molecule has 2 aromatic rings. The molecule has 3 heterocycles. The first-order chi connectivity index (χ1) is 19.7. The summed E-state index contributed by atoms with van der Waals surface area (Å²) in [4.78, 5) is 15.7. The van der Waals surface area contributed by atoms with Crippen LogP contribution in [-0.4, -0.2) is 54.5 Å². The van der Waals surface area contributed by atoms with E-state index in [0.29, 0.717) is 30.4 Å². The Hall–Kier alpha value is -2.04. The Morgan fingerprint density at radius 3 is 2.88 bits per heavy atom. The van der Waals surface area contributed by atoms with Crippen molar-refractivity contribution in [2.24, 2.45) is 27.3 Å². The molecule has 1 amide bonds. The van der Waals surface area contributed by atoms with Crippen molar-refractivity contribution in [3.8, 4) is 5.75 Å². The molecule has 0 unspecified atom stereocenters. The van der Waals surface area contributed by atoms with Crippen LogP contribution in [0.15, 0.2) is 52.9 Å². The third-order valence-electron chi connectivity index (χ3n) is 9.01. The molecule has 220 valence electrons. The molecule has 10 heteroatoms. The molecule has 41 heavy (non-hydrogen) atoms. The van der Waals surface area contributed by atoms with Crippen LogP contribution in [0, 0.1) is 17.8 Å². The van der Waals surface area contributed by atoms with Gasteiger partial charge in [0.05, 0.1) is 16.5 Å². The summed E-state index contributed by atoms with van der Waals surface area (Å²) in [5.74, 6) is 2.16. The molecule has 4 aliphatic rings. The van der Waals surface area contributed by atoms with Crippen LogP contribution in [0.5, 0.6) is 5.75 Å². The number of methoxy groups -OCH3 is 1. The Morgan fingerprint density at radius 2 is 2.10 bits per heavy atom. The number of allylic oxidation sites excluding steroid dienone is 1. The Morgan fingerprint density at radius 1 is 1.24 bits per heavy atom. The lowest BCUT2D eigenvalue weighted by Gasteiger charge is -2.45. The van der Waals surface area contributed by atoms with E-state index in [2.05, 4.69) is 33.5 Å². The fourth-order valence-electron chi connectivity index (χ4n) is 6.80. The molecular weight excluding hydrogens is 578 g/mol. The molecular formula is C31H38ClN3O4S2. The number of thioether (sulfide) groups is 1. The van der Waals surface area contributed by atoms with Gasteiger partial charge < -0.3 is 14.4 Å². The van der Waals surface area contributed by atoms with Gasteiger partial charge in [-0.25, -0.2) is 9.35 Å². The normalized spacial score (nSPS) is 34.3. The number of fused-ring (bicyclic) bond motifs is 4. The van der Waals surface area contributed by atoms with E-state index >= 15 is 0 Å². The second-order valence-electron chi connectivity index (χ2n) is 12.0. The van der Waals surface area contributed by atoms with E-state index in [0.717, 1.165) is 54.6 Å². The van der Waals surface area contributed by atoms with Crippen LogP contribution in [0.2, 0.25) is 5.02 Å². The van der Waals surface area contributed by atoms with Crippen LogP contribution in [0.4, 0.5) is 5.69 Å². The Kier molecular flexibility index (Phi) is 8.19.